The van der Waals surface area contributed by atoms with Gasteiger partial charge in [-0.2, -0.15) is 4.31 Å². The maximum atomic E-state index is 12.9. The molecule has 1 heterocycles. The quantitative estimate of drug-likeness (QED) is 0.565. The van der Waals surface area contributed by atoms with Crippen molar-refractivity contribution in [2.24, 2.45) is 5.92 Å². The third-order valence-electron chi connectivity index (χ3n) is 5.67. The Balaban J connectivity index is 1.46. The molecule has 1 fully saturated rings. The zero-order chi connectivity index (χ0) is 23.0. The second kappa shape index (κ2) is 11.2. The van der Waals surface area contributed by atoms with E-state index in [1.165, 1.54) is 9.87 Å². The molecule has 0 bridgehead atoms. The van der Waals surface area contributed by atoms with Crippen LogP contribution in [0.1, 0.15) is 31.7 Å². The van der Waals surface area contributed by atoms with Crippen molar-refractivity contribution >= 4 is 21.8 Å². The van der Waals surface area contributed by atoms with E-state index < -0.39 is 22.0 Å². The molecule has 7 nitrogen and oxygen atoms in total. The molecule has 0 saturated carbocycles. The molecule has 0 spiro atoms. The van der Waals surface area contributed by atoms with Crippen molar-refractivity contribution in [2.75, 3.05) is 19.6 Å². The first-order chi connectivity index (χ1) is 15.4. The van der Waals surface area contributed by atoms with Gasteiger partial charge in [0.25, 0.3) is 0 Å². The predicted octanol–water partition coefficient (Wildman–Crippen LogP) is 2.34. The summed E-state index contributed by atoms with van der Waals surface area (Å²) in [5, 5.41) is 5.60. The molecule has 172 valence electrons. The summed E-state index contributed by atoms with van der Waals surface area (Å²) in [7, 11) is -3.64. The molecule has 1 aliphatic heterocycles. The number of nitrogens with zero attached hydrogens (tertiary/aromatic N) is 1. The summed E-state index contributed by atoms with van der Waals surface area (Å²) < 4.78 is 27.1. The van der Waals surface area contributed by atoms with Crippen LogP contribution in [0.4, 0.5) is 0 Å². The largest absolute Gasteiger partial charge is 0.354 e. The van der Waals surface area contributed by atoms with Crippen molar-refractivity contribution in [3.05, 3.63) is 66.2 Å². The van der Waals surface area contributed by atoms with E-state index in [9.17, 15) is 18.0 Å². The van der Waals surface area contributed by atoms with Crippen LogP contribution in [-0.4, -0.2) is 50.2 Å². The van der Waals surface area contributed by atoms with Gasteiger partial charge in [-0.15, -0.1) is 0 Å². The molecule has 0 radical (unpaired) electrons. The van der Waals surface area contributed by atoms with Gasteiger partial charge >= 0.3 is 0 Å². The Morgan fingerprint density at radius 1 is 1.06 bits per heavy atom. The number of piperidine rings is 1. The molecule has 1 unspecified atom stereocenters. The zero-order valence-corrected chi connectivity index (χ0v) is 19.2. The lowest BCUT2D eigenvalue weighted by molar-refractivity contribution is -0.131. The van der Waals surface area contributed by atoms with Gasteiger partial charge < -0.3 is 10.6 Å². The van der Waals surface area contributed by atoms with E-state index in [2.05, 4.69) is 22.8 Å². The first-order valence-electron chi connectivity index (χ1n) is 11.0. The van der Waals surface area contributed by atoms with E-state index in [4.69, 9.17) is 0 Å². The summed E-state index contributed by atoms with van der Waals surface area (Å²) in [4.78, 5) is 25.3. The van der Waals surface area contributed by atoms with Crippen molar-refractivity contribution in [2.45, 2.75) is 43.5 Å². The average molecular weight is 458 g/mol. The van der Waals surface area contributed by atoms with Crippen LogP contribution in [-0.2, 0) is 26.0 Å². The molecule has 8 heteroatoms. The maximum Gasteiger partial charge on any atom is 0.243 e. The van der Waals surface area contributed by atoms with Gasteiger partial charge in [-0.3, -0.25) is 9.59 Å². The van der Waals surface area contributed by atoms with Gasteiger partial charge in [0.2, 0.25) is 21.8 Å². The summed E-state index contributed by atoms with van der Waals surface area (Å²) in [6.07, 6.45) is 2.88. The highest BCUT2D eigenvalue weighted by molar-refractivity contribution is 7.89. The number of carbonyl (C=O) groups is 2. The molecule has 1 aliphatic rings. The van der Waals surface area contributed by atoms with Crippen molar-refractivity contribution < 1.29 is 18.0 Å². The topological polar surface area (TPSA) is 95.6 Å². The number of hydrogen-bond acceptors (Lipinski definition) is 4. The Bertz CT molecular complexity index is 996. The predicted molar refractivity (Wildman–Crippen MR) is 123 cm³/mol. The SMILES string of the molecule is C[C@H](NC(=O)C1CCCN(S(=O)(=O)c2ccccc2)C1)C(=O)NCCCc1ccccc1. The summed E-state index contributed by atoms with van der Waals surface area (Å²) in [5.74, 6) is -1.00. The first-order valence-corrected chi connectivity index (χ1v) is 12.5. The summed E-state index contributed by atoms with van der Waals surface area (Å²) in [6, 6.07) is 17.6. The standard InChI is InChI=1S/C24H31N3O4S/c1-19(23(28)25-16-8-12-20-10-4-2-5-11-20)26-24(29)21-13-9-17-27(18-21)32(30,31)22-14-6-3-7-15-22/h2-7,10-11,14-15,19,21H,8-9,12-13,16-18H2,1H3,(H,25,28)(H,26,29)/t19-,21?/m0/s1. The lowest BCUT2D eigenvalue weighted by Gasteiger charge is -2.31. The summed E-state index contributed by atoms with van der Waals surface area (Å²) >= 11 is 0. The van der Waals surface area contributed by atoms with E-state index in [0.717, 1.165) is 12.8 Å². The van der Waals surface area contributed by atoms with Crippen LogP contribution in [0, 0.1) is 5.92 Å². The Morgan fingerprint density at radius 2 is 1.72 bits per heavy atom. The fourth-order valence-corrected chi connectivity index (χ4v) is 5.36. The van der Waals surface area contributed by atoms with E-state index >= 15 is 0 Å². The molecular weight excluding hydrogens is 426 g/mol. The number of amides is 2. The Morgan fingerprint density at radius 3 is 2.41 bits per heavy atom. The lowest BCUT2D eigenvalue weighted by atomic mass is 9.98. The van der Waals surface area contributed by atoms with Crippen LogP contribution in [0.2, 0.25) is 0 Å². The summed E-state index contributed by atoms with van der Waals surface area (Å²) in [5.41, 5.74) is 1.22. The van der Waals surface area contributed by atoms with Crippen LogP contribution < -0.4 is 10.6 Å². The van der Waals surface area contributed by atoms with Gasteiger partial charge in [-0.25, -0.2) is 8.42 Å². The third kappa shape index (κ3) is 6.40. The number of carbonyl (C=O) groups excluding carboxylic acids is 2. The van der Waals surface area contributed by atoms with Crippen molar-refractivity contribution in [1.29, 1.82) is 0 Å². The van der Waals surface area contributed by atoms with Crippen LogP contribution in [0.25, 0.3) is 0 Å². The molecule has 0 aromatic heterocycles. The van der Waals surface area contributed by atoms with Gasteiger partial charge in [0.05, 0.1) is 10.8 Å². The molecule has 2 atom stereocenters. The zero-order valence-electron chi connectivity index (χ0n) is 18.4. The molecule has 2 N–H and O–H groups in total. The van der Waals surface area contributed by atoms with Gasteiger partial charge in [0, 0.05) is 19.6 Å². The number of sulfonamides is 1. The van der Waals surface area contributed by atoms with E-state index in [0.29, 0.717) is 25.9 Å². The smallest absolute Gasteiger partial charge is 0.243 e. The van der Waals surface area contributed by atoms with Crippen molar-refractivity contribution in [3.63, 3.8) is 0 Å². The van der Waals surface area contributed by atoms with Crippen LogP contribution in [0.3, 0.4) is 0 Å². The van der Waals surface area contributed by atoms with Gasteiger partial charge in [-0.05, 0) is 50.3 Å². The fraction of sp³-hybridized carbons (Fsp3) is 0.417. The second-order valence-corrected chi connectivity index (χ2v) is 10.1. The highest BCUT2D eigenvalue weighted by atomic mass is 32.2. The second-order valence-electron chi connectivity index (χ2n) is 8.13. The molecule has 2 aromatic rings. The maximum absolute atomic E-state index is 12.9. The minimum absolute atomic E-state index is 0.120. The molecule has 32 heavy (non-hydrogen) atoms. The monoisotopic (exact) mass is 457 g/mol. The highest BCUT2D eigenvalue weighted by Crippen LogP contribution is 2.23. The number of hydrogen-bond donors (Lipinski definition) is 2. The Kier molecular flexibility index (Phi) is 8.41. The third-order valence-corrected chi connectivity index (χ3v) is 7.55. The van der Waals surface area contributed by atoms with Gasteiger partial charge in [0.15, 0.2) is 0 Å². The average Bonchev–Trinajstić information content (AvgIpc) is 2.83. The van der Waals surface area contributed by atoms with Crippen molar-refractivity contribution in [3.8, 4) is 0 Å². The normalized spacial score (nSPS) is 18.0. The van der Waals surface area contributed by atoms with E-state index in [-0.39, 0.29) is 23.3 Å². The number of aryl methyl sites for hydroxylation is 1. The first kappa shape index (κ1) is 23.9. The molecular formula is C24H31N3O4S. The minimum Gasteiger partial charge on any atom is -0.354 e. The fourth-order valence-electron chi connectivity index (χ4n) is 3.81. The number of benzene rings is 2. The van der Waals surface area contributed by atoms with Gasteiger partial charge in [-0.1, -0.05) is 48.5 Å². The summed E-state index contributed by atoms with van der Waals surface area (Å²) in [6.45, 7) is 2.68. The van der Waals surface area contributed by atoms with Crippen LogP contribution in [0.5, 0.6) is 0 Å². The number of nitrogens with one attached hydrogen (secondary N) is 2. The lowest BCUT2D eigenvalue weighted by Crippen LogP contribution is -2.50. The molecule has 0 aliphatic carbocycles. The molecule has 1 saturated heterocycles. The van der Waals surface area contributed by atoms with Gasteiger partial charge in [0.1, 0.15) is 6.04 Å². The van der Waals surface area contributed by atoms with Crippen molar-refractivity contribution in [1.82, 2.24) is 14.9 Å². The Hall–Kier alpha value is -2.71. The van der Waals surface area contributed by atoms with E-state index in [1.54, 1.807) is 37.3 Å². The highest BCUT2D eigenvalue weighted by Gasteiger charge is 2.34. The Labute approximate surface area is 190 Å². The molecule has 2 amide bonds. The van der Waals surface area contributed by atoms with E-state index in [1.807, 2.05) is 18.2 Å². The van der Waals surface area contributed by atoms with Crippen LogP contribution >= 0.6 is 0 Å². The molecule has 3 rings (SSSR count). The number of rotatable bonds is 9. The van der Waals surface area contributed by atoms with Crippen LogP contribution in [0.15, 0.2) is 65.6 Å². The molecule has 2 aromatic carbocycles. The minimum atomic E-state index is -3.64.